The summed E-state index contributed by atoms with van der Waals surface area (Å²) >= 11 is 0. The van der Waals surface area contributed by atoms with E-state index in [4.69, 9.17) is 0 Å². The van der Waals surface area contributed by atoms with Crippen molar-refractivity contribution in [2.24, 2.45) is 7.05 Å². The minimum atomic E-state index is -3.72. The van der Waals surface area contributed by atoms with Gasteiger partial charge < -0.3 is 0 Å². The van der Waals surface area contributed by atoms with E-state index in [1.54, 1.807) is 27.0 Å². The molecule has 28 heavy (non-hydrogen) atoms. The Hall–Kier alpha value is -2.01. The van der Waals surface area contributed by atoms with E-state index >= 15 is 0 Å². The fourth-order valence-corrected chi connectivity index (χ4v) is 6.23. The first-order valence-corrected chi connectivity index (χ1v) is 11.8. The van der Waals surface area contributed by atoms with E-state index in [0.717, 1.165) is 5.56 Å². The first kappa shape index (κ1) is 20.7. The van der Waals surface area contributed by atoms with Gasteiger partial charge in [-0.3, -0.25) is 4.68 Å². The summed E-state index contributed by atoms with van der Waals surface area (Å²) < 4.78 is 55.3. The molecule has 0 spiro atoms. The average molecular weight is 425 g/mol. The molecule has 3 rings (SSSR count). The number of nitrogens with zero attached hydrogens (tertiary/aromatic N) is 4. The van der Waals surface area contributed by atoms with E-state index in [1.807, 2.05) is 30.3 Å². The lowest BCUT2D eigenvalue weighted by Gasteiger charge is -2.32. The van der Waals surface area contributed by atoms with E-state index in [-0.39, 0.29) is 31.1 Å². The maximum Gasteiger partial charge on any atom is 0.246 e. The summed E-state index contributed by atoms with van der Waals surface area (Å²) in [6.45, 7) is 3.80. The molecule has 0 atom stereocenters. The molecular formula is C18H24N4O4S2. The number of aryl methyl sites for hydroxylation is 2. The third-order valence-corrected chi connectivity index (χ3v) is 8.55. The van der Waals surface area contributed by atoms with Crippen molar-refractivity contribution >= 4 is 26.1 Å². The number of sulfonamides is 2. The molecule has 0 radical (unpaired) electrons. The molecule has 0 N–H and O–H groups in total. The van der Waals surface area contributed by atoms with Crippen LogP contribution in [0.15, 0.2) is 40.6 Å². The second-order valence-electron chi connectivity index (χ2n) is 6.69. The van der Waals surface area contributed by atoms with Crippen LogP contribution in [0.1, 0.15) is 17.0 Å². The van der Waals surface area contributed by atoms with Gasteiger partial charge in [0.05, 0.1) is 11.4 Å². The molecule has 10 heteroatoms. The van der Waals surface area contributed by atoms with Crippen LogP contribution in [0, 0.1) is 13.8 Å². The molecule has 0 unspecified atom stereocenters. The Labute approximate surface area is 166 Å². The molecule has 1 fully saturated rings. The predicted molar refractivity (Wildman–Crippen MR) is 107 cm³/mol. The monoisotopic (exact) mass is 424 g/mol. The van der Waals surface area contributed by atoms with Crippen LogP contribution in [0.5, 0.6) is 0 Å². The fraction of sp³-hybridized carbons (Fsp3) is 0.389. The van der Waals surface area contributed by atoms with Gasteiger partial charge in [0.25, 0.3) is 0 Å². The quantitative estimate of drug-likeness (QED) is 0.722. The van der Waals surface area contributed by atoms with Gasteiger partial charge in [0.15, 0.2) is 0 Å². The number of piperazine rings is 1. The Bertz CT molecular complexity index is 1080. The molecule has 0 aliphatic carbocycles. The molecule has 1 saturated heterocycles. The van der Waals surface area contributed by atoms with Crippen molar-refractivity contribution in [3.8, 4) is 0 Å². The summed E-state index contributed by atoms with van der Waals surface area (Å²) in [6.07, 6.45) is 1.54. The van der Waals surface area contributed by atoms with Gasteiger partial charge in [-0.2, -0.15) is 13.7 Å². The van der Waals surface area contributed by atoms with E-state index in [2.05, 4.69) is 5.10 Å². The normalized spacial score (nSPS) is 17.4. The van der Waals surface area contributed by atoms with Gasteiger partial charge in [0, 0.05) is 38.6 Å². The SMILES string of the molecule is Cc1nn(C)c(C)c1S(=O)(=O)N1CCN(S(=O)(=O)/C=C/c2ccccc2)CC1. The standard InChI is InChI=1S/C18H24N4O4S2/c1-15-18(16(2)20(3)19-15)28(25,26)22-12-10-21(11-13-22)27(23,24)14-9-17-7-5-4-6-8-17/h4-9,14H,10-13H2,1-3H3/b14-9+. The summed E-state index contributed by atoms with van der Waals surface area (Å²) in [5.74, 6) is 0. The maximum atomic E-state index is 13.0. The highest BCUT2D eigenvalue weighted by molar-refractivity contribution is 7.92. The Morgan fingerprint density at radius 3 is 2.04 bits per heavy atom. The summed E-state index contributed by atoms with van der Waals surface area (Å²) in [5, 5.41) is 5.34. The number of hydrogen-bond acceptors (Lipinski definition) is 5. The van der Waals surface area contributed by atoms with Crippen LogP contribution in [0.2, 0.25) is 0 Å². The first-order valence-electron chi connectivity index (χ1n) is 8.86. The lowest BCUT2D eigenvalue weighted by Crippen LogP contribution is -2.50. The topological polar surface area (TPSA) is 92.6 Å². The Kier molecular flexibility index (Phi) is 5.76. The van der Waals surface area contributed by atoms with Crippen LogP contribution in [0.3, 0.4) is 0 Å². The second kappa shape index (κ2) is 7.78. The second-order valence-corrected chi connectivity index (χ2v) is 10.4. The molecule has 1 aromatic carbocycles. The highest BCUT2D eigenvalue weighted by atomic mass is 32.2. The molecule has 0 saturated carbocycles. The smallest absolute Gasteiger partial charge is 0.246 e. The Morgan fingerprint density at radius 2 is 1.50 bits per heavy atom. The highest BCUT2D eigenvalue weighted by Gasteiger charge is 2.35. The maximum absolute atomic E-state index is 13.0. The van der Waals surface area contributed by atoms with Crippen molar-refractivity contribution in [2.45, 2.75) is 18.7 Å². The zero-order valence-corrected chi connectivity index (χ0v) is 17.7. The van der Waals surface area contributed by atoms with E-state index < -0.39 is 20.0 Å². The molecule has 0 amide bonds. The molecule has 2 heterocycles. The molecule has 1 aromatic heterocycles. The third-order valence-electron chi connectivity index (χ3n) is 4.83. The van der Waals surface area contributed by atoms with Gasteiger partial charge in [-0.05, 0) is 25.5 Å². The van der Waals surface area contributed by atoms with E-state index in [1.165, 1.54) is 18.7 Å². The average Bonchev–Trinajstić information content (AvgIpc) is 2.93. The van der Waals surface area contributed by atoms with Gasteiger partial charge in [0.1, 0.15) is 4.90 Å². The summed E-state index contributed by atoms with van der Waals surface area (Å²) in [7, 11) is -5.63. The van der Waals surface area contributed by atoms with Crippen molar-refractivity contribution in [3.63, 3.8) is 0 Å². The van der Waals surface area contributed by atoms with Gasteiger partial charge in [-0.1, -0.05) is 30.3 Å². The van der Waals surface area contributed by atoms with E-state index in [9.17, 15) is 16.8 Å². The van der Waals surface area contributed by atoms with Crippen LogP contribution in [0.4, 0.5) is 0 Å². The molecule has 2 aromatic rings. The highest BCUT2D eigenvalue weighted by Crippen LogP contribution is 2.24. The van der Waals surface area contributed by atoms with Crippen molar-refractivity contribution in [1.82, 2.24) is 18.4 Å². The fourth-order valence-electron chi connectivity index (χ4n) is 3.24. The Balaban J connectivity index is 1.72. The van der Waals surface area contributed by atoms with Crippen molar-refractivity contribution < 1.29 is 16.8 Å². The minimum Gasteiger partial charge on any atom is -0.271 e. The van der Waals surface area contributed by atoms with Crippen molar-refractivity contribution in [2.75, 3.05) is 26.2 Å². The Morgan fingerprint density at radius 1 is 0.929 bits per heavy atom. The molecule has 152 valence electrons. The van der Waals surface area contributed by atoms with Crippen molar-refractivity contribution in [1.29, 1.82) is 0 Å². The lowest BCUT2D eigenvalue weighted by molar-refractivity contribution is 0.274. The van der Waals surface area contributed by atoms with Crippen LogP contribution in [-0.2, 0) is 27.1 Å². The third kappa shape index (κ3) is 4.04. The van der Waals surface area contributed by atoms with Crippen LogP contribution in [0.25, 0.3) is 6.08 Å². The largest absolute Gasteiger partial charge is 0.271 e. The van der Waals surface area contributed by atoms with E-state index in [0.29, 0.717) is 11.4 Å². The molecule has 0 bridgehead atoms. The van der Waals surface area contributed by atoms with Crippen LogP contribution >= 0.6 is 0 Å². The number of rotatable bonds is 5. The lowest BCUT2D eigenvalue weighted by atomic mass is 10.2. The van der Waals surface area contributed by atoms with Gasteiger partial charge in [0.2, 0.25) is 20.0 Å². The van der Waals surface area contributed by atoms with Gasteiger partial charge in [-0.25, -0.2) is 16.8 Å². The molecular weight excluding hydrogens is 400 g/mol. The van der Waals surface area contributed by atoms with Crippen LogP contribution in [-0.4, -0.2) is 61.4 Å². The predicted octanol–water partition coefficient (Wildman–Crippen LogP) is 1.34. The summed E-state index contributed by atoms with van der Waals surface area (Å²) in [4.78, 5) is 0.204. The van der Waals surface area contributed by atoms with Gasteiger partial charge in [-0.15, -0.1) is 0 Å². The number of hydrogen-bond donors (Lipinski definition) is 0. The van der Waals surface area contributed by atoms with Crippen molar-refractivity contribution in [3.05, 3.63) is 52.7 Å². The molecule has 8 nitrogen and oxygen atoms in total. The summed E-state index contributed by atoms with van der Waals surface area (Å²) in [6, 6.07) is 9.15. The minimum absolute atomic E-state index is 0.106. The number of benzene rings is 1. The first-order chi connectivity index (χ1) is 13.1. The molecule has 1 aliphatic rings. The molecule has 1 aliphatic heterocycles. The summed E-state index contributed by atoms with van der Waals surface area (Å²) in [5.41, 5.74) is 1.80. The zero-order valence-electron chi connectivity index (χ0n) is 16.1. The number of aromatic nitrogens is 2. The van der Waals surface area contributed by atoms with Crippen LogP contribution < -0.4 is 0 Å². The van der Waals surface area contributed by atoms with Gasteiger partial charge >= 0.3 is 0 Å². The zero-order chi connectivity index (χ0) is 20.5.